The number of halogens is 1. The van der Waals surface area contributed by atoms with E-state index in [1.807, 2.05) is 18.6 Å². The molecule has 1 fully saturated rings. The van der Waals surface area contributed by atoms with Gasteiger partial charge in [-0.15, -0.1) is 24.0 Å². The van der Waals surface area contributed by atoms with Crippen molar-refractivity contribution in [2.24, 2.45) is 10.9 Å². The third kappa shape index (κ3) is 5.86. The molecule has 28 heavy (non-hydrogen) atoms. The lowest BCUT2D eigenvalue weighted by Gasteiger charge is -2.39. The fraction of sp³-hybridized carbons (Fsp3) is 0.524. The summed E-state index contributed by atoms with van der Waals surface area (Å²) in [7, 11) is 2.12. The highest BCUT2D eigenvalue weighted by Gasteiger charge is 2.28. The quantitative estimate of drug-likeness (QED) is 0.378. The standard InChI is InChI=1S/C21H32N6.HI/c1-4-23-21(24-12-14-25(3)19-8-6-5-7-9-19)26-13-10-18(2)20(16-26)27-15-11-22-17-27;/h5-9,11,15,17-18,20H,4,10,12-14,16H2,1-3H3,(H,23,24);1H. The van der Waals surface area contributed by atoms with Crippen LogP contribution >= 0.6 is 24.0 Å². The van der Waals surface area contributed by atoms with E-state index < -0.39 is 0 Å². The van der Waals surface area contributed by atoms with Gasteiger partial charge in [0.25, 0.3) is 0 Å². The van der Waals surface area contributed by atoms with Gasteiger partial charge in [-0.2, -0.15) is 0 Å². The van der Waals surface area contributed by atoms with Crippen LogP contribution in [-0.4, -0.2) is 60.2 Å². The fourth-order valence-corrected chi connectivity index (χ4v) is 3.64. The number of nitrogens with one attached hydrogen (secondary N) is 1. The van der Waals surface area contributed by atoms with Crippen molar-refractivity contribution in [3.8, 4) is 0 Å². The molecule has 0 spiro atoms. The molecule has 1 saturated heterocycles. The molecule has 3 rings (SSSR count). The molecular formula is C21H33IN6. The van der Waals surface area contributed by atoms with Crippen LogP contribution in [0.5, 0.6) is 0 Å². The molecule has 2 atom stereocenters. The Morgan fingerprint density at radius 1 is 1.32 bits per heavy atom. The number of hydrogen-bond acceptors (Lipinski definition) is 3. The van der Waals surface area contributed by atoms with Crippen LogP contribution in [0.2, 0.25) is 0 Å². The van der Waals surface area contributed by atoms with Crippen LogP contribution < -0.4 is 10.2 Å². The zero-order chi connectivity index (χ0) is 19.1. The fourth-order valence-electron chi connectivity index (χ4n) is 3.64. The number of likely N-dealkylation sites (N-methyl/N-ethyl adjacent to an activating group) is 1. The van der Waals surface area contributed by atoms with E-state index >= 15 is 0 Å². The van der Waals surface area contributed by atoms with Gasteiger partial charge in [-0.25, -0.2) is 4.98 Å². The maximum Gasteiger partial charge on any atom is 0.194 e. The monoisotopic (exact) mass is 496 g/mol. The molecule has 1 aromatic carbocycles. The van der Waals surface area contributed by atoms with Crippen molar-refractivity contribution in [3.05, 3.63) is 49.1 Å². The maximum absolute atomic E-state index is 4.91. The average molecular weight is 496 g/mol. The molecule has 7 heteroatoms. The van der Waals surface area contributed by atoms with Gasteiger partial charge in [-0.3, -0.25) is 4.99 Å². The van der Waals surface area contributed by atoms with E-state index in [0.717, 1.165) is 45.1 Å². The van der Waals surface area contributed by atoms with Gasteiger partial charge in [0.05, 0.1) is 18.9 Å². The lowest BCUT2D eigenvalue weighted by molar-refractivity contribution is 0.189. The van der Waals surface area contributed by atoms with Crippen molar-refractivity contribution in [2.45, 2.75) is 26.3 Å². The molecule has 0 saturated carbocycles. The predicted octanol–water partition coefficient (Wildman–Crippen LogP) is 3.49. The van der Waals surface area contributed by atoms with Crippen molar-refractivity contribution in [3.63, 3.8) is 0 Å². The number of imidazole rings is 1. The van der Waals surface area contributed by atoms with E-state index in [-0.39, 0.29) is 24.0 Å². The largest absolute Gasteiger partial charge is 0.373 e. The van der Waals surface area contributed by atoms with Crippen LogP contribution in [0.1, 0.15) is 26.3 Å². The zero-order valence-corrected chi connectivity index (χ0v) is 19.5. The van der Waals surface area contributed by atoms with Gasteiger partial charge in [0.1, 0.15) is 0 Å². The first-order valence-electron chi connectivity index (χ1n) is 9.96. The second-order valence-corrected chi connectivity index (χ2v) is 7.28. The van der Waals surface area contributed by atoms with E-state index in [1.54, 1.807) is 0 Å². The Hall–Kier alpha value is -1.77. The molecule has 6 nitrogen and oxygen atoms in total. The first-order valence-corrected chi connectivity index (χ1v) is 9.96. The minimum atomic E-state index is 0. The average Bonchev–Trinajstić information content (AvgIpc) is 3.23. The van der Waals surface area contributed by atoms with Crippen molar-refractivity contribution in [2.75, 3.05) is 44.7 Å². The lowest BCUT2D eigenvalue weighted by Crippen LogP contribution is -2.49. The number of nitrogens with zero attached hydrogens (tertiary/aromatic N) is 5. The topological polar surface area (TPSA) is 48.7 Å². The summed E-state index contributed by atoms with van der Waals surface area (Å²) in [5, 5.41) is 3.48. The van der Waals surface area contributed by atoms with Crippen LogP contribution in [-0.2, 0) is 0 Å². The number of benzene rings is 1. The van der Waals surface area contributed by atoms with Crippen molar-refractivity contribution < 1.29 is 0 Å². The Labute approximate surface area is 186 Å². The van der Waals surface area contributed by atoms with E-state index in [2.05, 4.69) is 76.0 Å². The Morgan fingerprint density at radius 3 is 2.79 bits per heavy atom. The summed E-state index contributed by atoms with van der Waals surface area (Å²) in [5.41, 5.74) is 1.23. The molecule has 2 aromatic rings. The molecule has 2 heterocycles. The lowest BCUT2D eigenvalue weighted by atomic mass is 9.93. The van der Waals surface area contributed by atoms with Crippen LogP contribution in [0, 0.1) is 5.92 Å². The first-order chi connectivity index (χ1) is 13.2. The maximum atomic E-state index is 4.91. The molecule has 0 radical (unpaired) electrons. The number of aliphatic imine (C=N–C) groups is 1. The summed E-state index contributed by atoms with van der Waals surface area (Å²) in [5.74, 6) is 1.67. The molecule has 1 aliphatic heterocycles. The van der Waals surface area contributed by atoms with Crippen LogP contribution in [0.25, 0.3) is 0 Å². The smallest absolute Gasteiger partial charge is 0.194 e. The Morgan fingerprint density at radius 2 is 2.11 bits per heavy atom. The van der Waals surface area contributed by atoms with E-state index in [4.69, 9.17) is 4.99 Å². The summed E-state index contributed by atoms with van der Waals surface area (Å²) in [6, 6.07) is 10.9. The molecular weight excluding hydrogens is 463 g/mol. The highest BCUT2D eigenvalue weighted by atomic mass is 127. The van der Waals surface area contributed by atoms with Crippen molar-refractivity contribution in [1.29, 1.82) is 0 Å². The first kappa shape index (κ1) is 22.5. The van der Waals surface area contributed by atoms with Gasteiger partial charge in [-0.05, 0) is 31.4 Å². The summed E-state index contributed by atoms with van der Waals surface area (Å²) in [6.45, 7) is 9.04. The molecule has 0 bridgehead atoms. The van der Waals surface area contributed by atoms with Gasteiger partial charge in [0, 0.05) is 51.3 Å². The molecule has 0 amide bonds. The Balaban J connectivity index is 0.00000280. The number of aromatic nitrogens is 2. The SMILES string of the molecule is CCNC(=NCCN(C)c1ccccc1)N1CCC(C)C(n2ccnc2)C1.I. The van der Waals surface area contributed by atoms with Crippen LogP contribution in [0.3, 0.4) is 0 Å². The minimum absolute atomic E-state index is 0. The molecule has 0 aliphatic carbocycles. The second-order valence-electron chi connectivity index (χ2n) is 7.28. The van der Waals surface area contributed by atoms with E-state index in [0.29, 0.717) is 12.0 Å². The number of anilines is 1. The Kier molecular flexibility index (Phi) is 9.08. The number of para-hydroxylation sites is 1. The van der Waals surface area contributed by atoms with Crippen LogP contribution in [0.4, 0.5) is 5.69 Å². The zero-order valence-electron chi connectivity index (χ0n) is 17.2. The predicted molar refractivity (Wildman–Crippen MR) is 128 cm³/mol. The van der Waals surface area contributed by atoms with Crippen LogP contribution in [0.15, 0.2) is 54.0 Å². The second kappa shape index (κ2) is 11.3. The minimum Gasteiger partial charge on any atom is -0.373 e. The molecule has 2 unspecified atom stereocenters. The van der Waals surface area contributed by atoms with E-state index in [9.17, 15) is 0 Å². The van der Waals surface area contributed by atoms with Gasteiger partial charge in [-0.1, -0.05) is 25.1 Å². The summed E-state index contributed by atoms with van der Waals surface area (Å²) < 4.78 is 2.24. The third-order valence-electron chi connectivity index (χ3n) is 5.35. The molecule has 1 aromatic heterocycles. The highest BCUT2D eigenvalue weighted by Crippen LogP contribution is 2.27. The third-order valence-corrected chi connectivity index (χ3v) is 5.35. The summed E-state index contributed by atoms with van der Waals surface area (Å²) >= 11 is 0. The van der Waals surface area contributed by atoms with Gasteiger partial charge >= 0.3 is 0 Å². The van der Waals surface area contributed by atoms with Crippen molar-refractivity contribution >= 4 is 35.6 Å². The van der Waals surface area contributed by atoms with Gasteiger partial charge in [0.15, 0.2) is 5.96 Å². The van der Waals surface area contributed by atoms with Gasteiger partial charge in [0.2, 0.25) is 0 Å². The number of piperidine rings is 1. The number of hydrogen-bond donors (Lipinski definition) is 1. The summed E-state index contributed by atoms with van der Waals surface area (Å²) in [6.07, 6.45) is 7.04. The van der Waals surface area contributed by atoms with Crippen molar-refractivity contribution in [1.82, 2.24) is 19.8 Å². The highest BCUT2D eigenvalue weighted by molar-refractivity contribution is 14.0. The molecule has 1 aliphatic rings. The number of guanidine groups is 1. The Bertz CT molecular complexity index is 703. The molecule has 1 N–H and O–H groups in total. The van der Waals surface area contributed by atoms with Gasteiger partial charge < -0.3 is 19.7 Å². The number of likely N-dealkylation sites (tertiary alicyclic amines) is 1. The summed E-state index contributed by atoms with van der Waals surface area (Å²) in [4.78, 5) is 13.8. The van der Waals surface area contributed by atoms with E-state index in [1.165, 1.54) is 5.69 Å². The molecule has 154 valence electrons. The normalized spacial score (nSPS) is 19.8. The number of rotatable bonds is 6.